The van der Waals surface area contributed by atoms with Crippen LogP contribution in [0.25, 0.3) is 0 Å². The summed E-state index contributed by atoms with van der Waals surface area (Å²) in [5, 5.41) is 17.8. The average molecular weight is 220 g/mol. The van der Waals surface area contributed by atoms with Gasteiger partial charge in [-0.05, 0) is 24.6 Å². The van der Waals surface area contributed by atoms with Crippen LogP contribution in [0.3, 0.4) is 0 Å². The Kier molecular flexibility index (Phi) is 3.07. The van der Waals surface area contributed by atoms with Crippen LogP contribution in [-0.4, -0.2) is 24.8 Å². The molecule has 1 saturated heterocycles. The molecular weight excluding hydrogens is 207 g/mol. The lowest BCUT2D eigenvalue weighted by Crippen LogP contribution is -2.20. The van der Waals surface area contributed by atoms with Gasteiger partial charge in [-0.1, -0.05) is 0 Å². The van der Waals surface area contributed by atoms with Gasteiger partial charge in [0.15, 0.2) is 0 Å². The van der Waals surface area contributed by atoms with Crippen molar-refractivity contribution in [3.05, 3.63) is 29.6 Å². The molecule has 84 valence electrons. The van der Waals surface area contributed by atoms with Crippen LogP contribution in [0, 0.1) is 23.1 Å². The quantitative estimate of drug-likeness (QED) is 0.822. The average Bonchev–Trinajstić information content (AvgIpc) is 2.76. The van der Waals surface area contributed by atoms with Gasteiger partial charge in [-0.25, -0.2) is 4.39 Å². The first-order chi connectivity index (χ1) is 7.72. The summed E-state index contributed by atoms with van der Waals surface area (Å²) in [6.45, 7) is 1.70. The summed E-state index contributed by atoms with van der Waals surface area (Å²) in [7, 11) is 0. The third kappa shape index (κ3) is 2.15. The lowest BCUT2D eigenvalue weighted by atomic mass is 10.1. The molecule has 1 aromatic carbocycles. The normalized spacial score (nSPS) is 19.8. The van der Waals surface area contributed by atoms with Gasteiger partial charge >= 0.3 is 0 Å². The van der Waals surface area contributed by atoms with Crippen molar-refractivity contribution in [1.29, 1.82) is 5.26 Å². The largest absolute Gasteiger partial charge is 0.396 e. The maximum atomic E-state index is 13.2. The Morgan fingerprint density at radius 1 is 1.50 bits per heavy atom. The summed E-state index contributed by atoms with van der Waals surface area (Å²) in [6.07, 6.45) is 0.912. The molecule has 0 saturated carbocycles. The van der Waals surface area contributed by atoms with Crippen molar-refractivity contribution in [3.63, 3.8) is 0 Å². The molecule has 0 amide bonds. The summed E-state index contributed by atoms with van der Waals surface area (Å²) in [4.78, 5) is 2.00. The van der Waals surface area contributed by atoms with Crippen molar-refractivity contribution in [2.75, 3.05) is 24.6 Å². The highest BCUT2D eigenvalue weighted by atomic mass is 19.1. The molecule has 0 bridgehead atoms. The van der Waals surface area contributed by atoms with E-state index in [1.165, 1.54) is 12.1 Å². The fourth-order valence-corrected chi connectivity index (χ4v) is 2.04. The number of rotatable bonds is 2. The summed E-state index contributed by atoms with van der Waals surface area (Å²) < 4.78 is 13.2. The van der Waals surface area contributed by atoms with E-state index < -0.39 is 0 Å². The molecule has 4 heteroatoms. The maximum absolute atomic E-state index is 13.2. The first-order valence-electron chi connectivity index (χ1n) is 5.29. The summed E-state index contributed by atoms with van der Waals surface area (Å²) in [6, 6.07) is 6.28. The zero-order valence-electron chi connectivity index (χ0n) is 8.86. The molecule has 1 aliphatic rings. The molecule has 1 unspecified atom stereocenters. The molecule has 1 aliphatic heterocycles. The molecule has 0 aromatic heterocycles. The Hall–Kier alpha value is -1.60. The van der Waals surface area contributed by atoms with Crippen LogP contribution < -0.4 is 4.90 Å². The molecule has 1 aromatic rings. The summed E-state index contributed by atoms with van der Waals surface area (Å²) in [5.74, 6) is -0.129. The standard InChI is InChI=1S/C12H13FN2O/c13-11-3-10(6-14)4-12(5-11)15-2-1-9(7-15)8-16/h3-5,9,16H,1-2,7-8H2. The van der Waals surface area contributed by atoms with Gasteiger partial charge in [-0.2, -0.15) is 5.26 Å². The smallest absolute Gasteiger partial charge is 0.126 e. The summed E-state index contributed by atoms with van der Waals surface area (Å²) in [5.41, 5.74) is 1.06. The van der Waals surface area contributed by atoms with Crippen molar-refractivity contribution >= 4 is 5.69 Å². The number of halogens is 1. The lowest BCUT2D eigenvalue weighted by molar-refractivity contribution is 0.238. The van der Waals surface area contributed by atoms with Gasteiger partial charge in [0, 0.05) is 31.3 Å². The van der Waals surface area contributed by atoms with E-state index in [2.05, 4.69) is 0 Å². The van der Waals surface area contributed by atoms with Crippen molar-refractivity contribution in [2.24, 2.45) is 5.92 Å². The second kappa shape index (κ2) is 4.50. The van der Waals surface area contributed by atoms with E-state index in [0.29, 0.717) is 5.56 Å². The Bertz CT molecular complexity index is 428. The SMILES string of the molecule is N#Cc1cc(F)cc(N2CCC(CO)C2)c1. The molecule has 0 spiro atoms. The van der Waals surface area contributed by atoms with Gasteiger partial charge in [0.1, 0.15) is 5.82 Å². The molecule has 16 heavy (non-hydrogen) atoms. The van der Waals surface area contributed by atoms with E-state index >= 15 is 0 Å². The molecule has 1 fully saturated rings. The van der Waals surface area contributed by atoms with Crippen LogP contribution in [-0.2, 0) is 0 Å². The minimum absolute atomic E-state index is 0.164. The van der Waals surface area contributed by atoms with Crippen LogP contribution in [0.2, 0.25) is 0 Å². The highest BCUT2D eigenvalue weighted by Gasteiger charge is 2.22. The number of anilines is 1. The van der Waals surface area contributed by atoms with Crippen LogP contribution in [0.1, 0.15) is 12.0 Å². The van der Waals surface area contributed by atoms with Gasteiger partial charge in [0.05, 0.1) is 11.6 Å². The molecule has 1 N–H and O–H groups in total. The lowest BCUT2D eigenvalue weighted by Gasteiger charge is -2.18. The van der Waals surface area contributed by atoms with Crippen molar-refractivity contribution in [2.45, 2.75) is 6.42 Å². The van der Waals surface area contributed by atoms with E-state index in [9.17, 15) is 4.39 Å². The van der Waals surface area contributed by atoms with Crippen molar-refractivity contribution < 1.29 is 9.50 Å². The maximum Gasteiger partial charge on any atom is 0.126 e. The molecule has 0 aliphatic carbocycles. The van der Waals surface area contributed by atoms with Crippen LogP contribution in [0.15, 0.2) is 18.2 Å². The van der Waals surface area contributed by atoms with Crippen LogP contribution >= 0.6 is 0 Å². The van der Waals surface area contributed by atoms with Gasteiger partial charge in [0.25, 0.3) is 0 Å². The predicted molar refractivity (Wildman–Crippen MR) is 58.5 cm³/mol. The fourth-order valence-electron chi connectivity index (χ4n) is 2.04. The number of aliphatic hydroxyl groups excluding tert-OH is 1. The zero-order chi connectivity index (χ0) is 11.5. The summed E-state index contributed by atoms with van der Waals surface area (Å²) >= 11 is 0. The first-order valence-corrected chi connectivity index (χ1v) is 5.29. The molecule has 0 radical (unpaired) electrons. The Labute approximate surface area is 93.7 Å². The number of hydrogen-bond donors (Lipinski definition) is 1. The first kappa shape index (κ1) is 10.9. The number of nitriles is 1. The zero-order valence-corrected chi connectivity index (χ0v) is 8.86. The molecule has 2 rings (SSSR count). The van der Waals surface area contributed by atoms with Gasteiger partial charge < -0.3 is 10.0 Å². The topological polar surface area (TPSA) is 47.3 Å². The van der Waals surface area contributed by atoms with E-state index in [0.717, 1.165) is 25.2 Å². The van der Waals surface area contributed by atoms with E-state index in [-0.39, 0.29) is 18.3 Å². The number of nitrogens with zero attached hydrogens (tertiary/aromatic N) is 2. The van der Waals surface area contributed by atoms with Crippen molar-refractivity contribution in [3.8, 4) is 6.07 Å². The van der Waals surface area contributed by atoms with E-state index in [1.807, 2.05) is 11.0 Å². The molecular formula is C12H13FN2O. The van der Waals surface area contributed by atoms with E-state index in [1.54, 1.807) is 6.07 Å². The minimum atomic E-state index is -0.388. The molecule has 3 nitrogen and oxygen atoms in total. The molecule has 1 heterocycles. The van der Waals surface area contributed by atoms with Gasteiger partial charge in [-0.3, -0.25) is 0 Å². The predicted octanol–water partition coefficient (Wildman–Crippen LogP) is 1.52. The Morgan fingerprint density at radius 3 is 2.94 bits per heavy atom. The number of benzene rings is 1. The third-order valence-corrected chi connectivity index (χ3v) is 2.92. The number of hydrogen-bond acceptors (Lipinski definition) is 3. The number of aliphatic hydroxyl groups is 1. The Morgan fingerprint density at radius 2 is 2.31 bits per heavy atom. The van der Waals surface area contributed by atoms with E-state index in [4.69, 9.17) is 10.4 Å². The minimum Gasteiger partial charge on any atom is -0.396 e. The monoisotopic (exact) mass is 220 g/mol. The fraction of sp³-hybridized carbons (Fsp3) is 0.417. The van der Waals surface area contributed by atoms with Gasteiger partial charge in [-0.15, -0.1) is 0 Å². The van der Waals surface area contributed by atoms with Crippen LogP contribution in [0.5, 0.6) is 0 Å². The second-order valence-electron chi connectivity index (χ2n) is 4.09. The highest BCUT2D eigenvalue weighted by molar-refractivity contribution is 5.52. The Balaban J connectivity index is 2.21. The highest BCUT2D eigenvalue weighted by Crippen LogP contribution is 2.25. The third-order valence-electron chi connectivity index (χ3n) is 2.92. The van der Waals surface area contributed by atoms with Crippen LogP contribution in [0.4, 0.5) is 10.1 Å². The molecule has 1 atom stereocenters. The van der Waals surface area contributed by atoms with Crippen molar-refractivity contribution in [1.82, 2.24) is 0 Å². The van der Waals surface area contributed by atoms with Gasteiger partial charge in [0.2, 0.25) is 0 Å². The second-order valence-corrected chi connectivity index (χ2v) is 4.09.